The van der Waals surface area contributed by atoms with Gasteiger partial charge in [0.15, 0.2) is 17.3 Å². The van der Waals surface area contributed by atoms with E-state index in [1.165, 1.54) is 24.3 Å². The van der Waals surface area contributed by atoms with Gasteiger partial charge in [-0.2, -0.15) is 0 Å². The van der Waals surface area contributed by atoms with Crippen LogP contribution in [0.1, 0.15) is 169 Å². The molecule has 0 saturated carbocycles. The zero-order valence-electron chi connectivity index (χ0n) is 59.7. The summed E-state index contributed by atoms with van der Waals surface area (Å²) >= 11 is 1.40. The third kappa shape index (κ3) is 28.5. The van der Waals surface area contributed by atoms with Crippen molar-refractivity contribution < 1.29 is 77.0 Å². The monoisotopic (exact) mass is 1430 g/mol. The zero-order chi connectivity index (χ0) is 75.0. The Kier molecular flexibility index (Phi) is 36.5. The number of carboxylic acid groups (broad SMARTS) is 1. The number of ether oxygens (including phenoxy) is 1. The largest absolute Gasteiger partial charge is 0.481 e. The normalized spacial score (nSPS) is 23.2. The van der Waals surface area contributed by atoms with Crippen LogP contribution in [0.3, 0.4) is 0 Å². The quantitative estimate of drug-likeness (QED) is 0.0452. The first-order chi connectivity index (χ1) is 47.9. The van der Waals surface area contributed by atoms with Crippen molar-refractivity contribution in [3.8, 4) is 0 Å². The SMILES string of the molecule is CC[C@H](C)[C@H](N)C1=N[C@H](C(=O)C[C@@H](CC(C)C)C(=O)N[C@H](CCC(=O)O)C(=O)C[C@H](C(=O)N[C@H]2CCCCNC(=O)[C@H](CC(N)=O)NC(=O)[C@@H](CC(=O)OC)NC(=O)[C@H](Cc3cnc[nH]3)NC(=O)[C@@H](Cc3ccccc3)NC(=O)[C@H]([C@@H](C)CC)NC(=O)[C@@H](CCCN)CC2=O)[C@@H](C)CC)CS1. The van der Waals surface area contributed by atoms with E-state index in [1.807, 2.05) is 27.7 Å². The van der Waals surface area contributed by atoms with Crippen LogP contribution in [0.5, 0.6) is 0 Å². The highest BCUT2D eigenvalue weighted by Gasteiger charge is 2.40. The Morgan fingerprint density at radius 2 is 1.39 bits per heavy atom. The van der Waals surface area contributed by atoms with Crippen molar-refractivity contribution in [2.45, 2.75) is 225 Å². The van der Waals surface area contributed by atoms with Crippen LogP contribution in [-0.4, -0.2) is 183 Å². The molecule has 0 aliphatic carbocycles. The summed E-state index contributed by atoms with van der Waals surface area (Å²) in [5.74, 6) is -15.9. The molecule has 1 aromatic heterocycles. The number of primary amides is 1. The lowest BCUT2D eigenvalue weighted by Crippen LogP contribution is -2.61. The van der Waals surface area contributed by atoms with Crippen LogP contribution in [0.15, 0.2) is 47.8 Å². The number of carbonyl (C=O) groups excluding carboxylic acids is 13. The average molecular weight is 1430 g/mol. The number of hydrogen-bond donors (Lipinski definition) is 13. The number of hydrogen-bond acceptors (Lipinski definition) is 20. The van der Waals surface area contributed by atoms with E-state index >= 15 is 4.79 Å². The second-order valence-electron chi connectivity index (χ2n) is 27.0. The molecule has 1 aromatic carbocycles. The van der Waals surface area contributed by atoms with Crippen LogP contribution in [0.2, 0.25) is 0 Å². The van der Waals surface area contributed by atoms with Crippen molar-refractivity contribution >= 4 is 99.3 Å². The molecule has 0 spiro atoms. The first kappa shape index (κ1) is 85.0. The van der Waals surface area contributed by atoms with Crippen molar-refractivity contribution in [3.63, 3.8) is 0 Å². The molecule has 0 bridgehead atoms. The summed E-state index contributed by atoms with van der Waals surface area (Å²) in [6, 6.07) is -3.20. The molecule has 15 atom stereocenters. The van der Waals surface area contributed by atoms with Crippen LogP contribution < -0.4 is 59.7 Å². The number of esters is 1. The fourth-order valence-corrected chi connectivity index (χ4v) is 13.0. The van der Waals surface area contributed by atoms with Gasteiger partial charge in [0, 0.05) is 80.5 Å². The number of carbonyl (C=O) groups is 14. The highest BCUT2D eigenvalue weighted by Crippen LogP contribution is 2.29. The maximum atomic E-state index is 15.1. The number of benzene rings is 1. The number of aromatic amines is 1. The predicted octanol–water partition coefficient (Wildman–Crippen LogP) is 1.68. The van der Waals surface area contributed by atoms with Gasteiger partial charge in [0.05, 0.1) is 49.4 Å². The fourth-order valence-electron chi connectivity index (χ4n) is 11.8. The van der Waals surface area contributed by atoms with E-state index in [9.17, 15) is 67.4 Å². The number of carboxylic acids is 1. The maximum absolute atomic E-state index is 15.1. The van der Waals surface area contributed by atoms with E-state index in [1.54, 1.807) is 58.0 Å². The Balaban J connectivity index is 1.78. The average Bonchev–Trinajstić information content (AvgIpc) is 1.77. The number of H-pyrrole nitrogens is 1. The summed E-state index contributed by atoms with van der Waals surface area (Å²) in [7, 11) is 1.03. The molecular formula is C70H108N14O16S. The molecule has 101 heavy (non-hydrogen) atoms. The summed E-state index contributed by atoms with van der Waals surface area (Å²) in [4.78, 5) is 209. The van der Waals surface area contributed by atoms with E-state index in [0.29, 0.717) is 34.9 Å². The first-order valence-corrected chi connectivity index (χ1v) is 36.1. The highest BCUT2D eigenvalue weighted by atomic mass is 32.2. The van der Waals surface area contributed by atoms with E-state index in [4.69, 9.17) is 21.9 Å². The molecule has 3 heterocycles. The molecule has 1 saturated heterocycles. The van der Waals surface area contributed by atoms with Gasteiger partial charge in [-0.3, -0.25) is 72.1 Å². The number of amides is 9. The van der Waals surface area contributed by atoms with Crippen LogP contribution >= 0.6 is 11.8 Å². The molecule has 30 nitrogen and oxygen atoms in total. The summed E-state index contributed by atoms with van der Waals surface area (Å²) in [6.45, 7) is 14.6. The lowest BCUT2D eigenvalue weighted by Gasteiger charge is -2.30. The molecule has 16 N–H and O–H groups in total. The van der Waals surface area contributed by atoms with Gasteiger partial charge < -0.3 is 74.6 Å². The zero-order valence-corrected chi connectivity index (χ0v) is 60.6. The third-order valence-electron chi connectivity index (χ3n) is 18.7. The van der Waals surface area contributed by atoms with Gasteiger partial charge in [-0.05, 0) is 80.7 Å². The fraction of sp³-hybridized carbons (Fsp3) is 0.657. The molecular weight excluding hydrogens is 1320 g/mol. The van der Waals surface area contributed by atoms with Gasteiger partial charge in [-0.1, -0.05) is 105 Å². The Hall–Kier alpha value is -8.45. The van der Waals surface area contributed by atoms with Gasteiger partial charge in [-0.25, -0.2) is 4.98 Å². The van der Waals surface area contributed by atoms with Crippen molar-refractivity contribution in [1.82, 2.24) is 52.5 Å². The van der Waals surface area contributed by atoms with E-state index in [0.717, 1.165) is 13.5 Å². The summed E-state index contributed by atoms with van der Waals surface area (Å²) < 4.78 is 4.84. The van der Waals surface area contributed by atoms with Gasteiger partial charge >= 0.3 is 11.9 Å². The maximum Gasteiger partial charge on any atom is 0.308 e. The number of rotatable bonds is 33. The summed E-state index contributed by atoms with van der Waals surface area (Å²) in [5, 5.41) is 31.9. The molecule has 9 amide bonds. The number of ketones is 3. The standard InChI is InChI=1S/C70H108N14O16S/c1-10-39(6)46(32-56(87)48(23-24-58(89)90)77-63(93)44(27-38(4)5)30-55(86)53-36-101-70(83-53)60(73)40(7)11-2)64(94)78-47-22-16-17-26-75-65(95)51(33-57(72)88)80-68(98)52(34-59(91)100-9)81-67(97)50(31-45-35-74-37-76-45)79-66(96)49(28-42-19-14-13-15-20-42)82-69(99)61(41(8)12-3)84-62(92)43(21-18-25-71)29-54(47)85/h13-15,19-20,35,37-41,43-44,46-53,60-61H,10-12,16-18,21-34,36,71,73H2,1-9H3,(H2,72,88)(H,74,76)(H,75,95)(H,77,93)(H,78,94)(H,79,96)(H,80,98)(H,81,97)(H,82,99)(H,84,92)(H,89,90)/t39-,40-,41-,43-,44+,46-,47-,48+,49+,50-,51-,52+,53-,60-,61-/m0/s1. The molecule has 4 rings (SSSR count). The van der Waals surface area contributed by atoms with Gasteiger partial charge in [0.25, 0.3) is 0 Å². The lowest BCUT2D eigenvalue weighted by molar-refractivity contribution is -0.144. The minimum Gasteiger partial charge on any atom is -0.481 e. The Labute approximate surface area is 595 Å². The topological polar surface area (TPSA) is 484 Å². The van der Waals surface area contributed by atoms with Gasteiger partial charge in [-0.15, -0.1) is 11.8 Å². The highest BCUT2D eigenvalue weighted by molar-refractivity contribution is 8.14. The van der Waals surface area contributed by atoms with E-state index in [2.05, 4.69) is 57.5 Å². The van der Waals surface area contributed by atoms with E-state index < -0.39 is 187 Å². The minimum atomic E-state index is -1.80. The van der Waals surface area contributed by atoms with Crippen molar-refractivity contribution in [2.75, 3.05) is 26.0 Å². The Morgan fingerprint density at radius 1 is 0.752 bits per heavy atom. The number of nitrogens with one attached hydrogen (secondary N) is 9. The molecule has 560 valence electrons. The Bertz CT molecular complexity index is 3170. The Morgan fingerprint density at radius 3 is 1.98 bits per heavy atom. The summed E-state index contributed by atoms with van der Waals surface area (Å²) in [6.07, 6.45) is 0.513. The van der Waals surface area contributed by atoms with Crippen molar-refractivity contribution in [1.29, 1.82) is 0 Å². The van der Waals surface area contributed by atoms with Gasteiger partial charge in [0.1, 0.15) is 36.3 Å². The minimum absolute atomic E-state index is 0.0270. The molecule has 2 aromatic rings. The van der Waals surface area contributed by atoms with Crippen LogP contribution in [0.25, 0.3) is 0 Å². The molecule has 31 heteroatoms. The number of aliphatic carboxylic acids is 1. The predicted molar refractivity (Wildman–Crippen MR) is 377 cm³/mol. The lowest BCUT2D eigenvalue weighted by atomic mass is 9.83. The van der Waals surface area contributed by atoms with Crippen LogP contribution in [-0.2, 0) is 84.7 Å². The third-order valence-corrected chi connectivity index (χ3v) is 19.8. The number of methoxy groups -OCH3 is 1. The molecule has 2 aliphatic rings. The second kappa shape index (κ2) is 43.4. The number of nitrogens with zero attached hydrogens (tertiary/aromatic N) is 2. The van der Waals surface area contributed by atoms with Gasteiger partial charge in [0.2, 0.25) is 53.2 Å². The molecule has 1 fully saturated rings. The smallest absolute Gasteiger partial charge is 0.308 e. The number of thioether (sulfide) groups is 1. The molecule has 0 radical (unpaired) electrons. The van der Waals surface area contributed by atoms with Crippen molar-refractivity contribution in [2.24, 2.45) is 63.6 Å². The second-order valence-corrected chi connectivity index (χ2v) is 28.1. The number of aromatic nitrogens is 2. The van der Waals surface area contributed by atoms with E-state index in [-0.39, 0.29) is 101 Å². The number of imidazole rings is 1. The van der Waals surface area contributed by atoms with Crippen LogP contribution in [0.4, 0.5) is 0 Å². The first-order valence-electron chi connectivity index (χ1n) is 35.2. The van der Waals surface area contributed by atoms with Crippen molar-refractivity contribution in [3.05, 3.63) is 54.1 Å². The number of Topliss-reactive ketones (excluding diaryl/α,β-unsaturated/α-hetero) is 3. The number of aliphatic imine (C=N–C) groups is 1. The summed E-state index contributed by atoms with van der Waals surface area (Å²) in [5.41, 5.74) is 18.9. The molecule has 2 aliphatic heterocycles. The van der Waals surface area contributed by atoms with Crippen LogP contribution in [0, 0.1) is 41.4 Å². The number of nitrogens with two attached hydrogens (primary N) is 3. The molecule has 0 unspecified atom stereocenters.